The fourth-order valence-electron chi connectivity index (χ4n) is 2.53. The minimum absolute atomic E-state index is 0.126. The van der Waals surface area contributed by atoms with E-state index in [0.717, 1.165) is 4.57 Å². The Balaban J connectivity index is 2.42. The van der Waals surface area contributed by atoms with Crippen molar-refractivity contribution in [1.82, 2.24) is 9.55 Å². The molecule has 0 spiro atoms. The summed E-state index contributed by atoms with van der Waals surface area (Å²) in [6.45, 7) is 2.64. The van der Waals surface area contributed by atoms with Crippen LogP contribution in [0.4, 0.5) is 0 Å². The van der Waals surface area contributed by atoms with Crippen LogP contribution >= 0.6 is 0 Å². The molecule has 24 heavy (non-hydrogen) atoms. The predicted octanol–water partition coefficient (Wildman–Crippen LogP) is -0.000580. The predicted molar refractivity (Wildman–Crippen MR) is 80.3 cm³/mol. The first kappa shape index (κ1) is 17.7. The first-order chi connectivity index (χ1) is 11.4. The Kier molecular flexibility index (Phi) is 5.39. The molecule has 0 amide bonds. The highest BCUT2D eigenvalue weighted by atomic mass is 16.6. The Morgan fingerprint density at radius 3 is 2.83 bits per heavy atom. The van der Waals surface area contributed by atoms with E-state index in [4.69, 9.17) is 19.7 Å². The van der Waals surface area contributed by atoms with Crippen LogP contribution in [0.1, 0.15) is 18.7 Å². The van der Waals surface area contributed by atoms with Gasteiger partial charge in [0.2, 0.25) is 0 Å². The zero-order valence-corrected chi connectivity index (χ0v) is 13.3. The summed E-state index contributed by atoms with van der Waals surface area (Å²) in [6.07, 6.45) is -1.16. The van der Waals surface area contributed by atoms with Gasteiger partial charge in [0.05, 0.1) is 6.10 Å². The number of ether oxygens (including phenoxy) is 3. The second-order valence-corrected chi connectivity index (χ2v) is 5.24. The van der Waals surface area contributed by atoms with Crippen molar-refractivity contribution in [2.75, 3.05) is 13.7 Å². The Bertz CT molecular complexity index is 780. The number of esters is 1. The first-order valence-corrected chi connectivity index (χ1v) is 7.07. The van der Waals surface area contributed by atoms with Crippen molar-refractivity contribution in [1.29, 1.82) is 0 Å². The van der Waals surface area contributed by atoms with Crippen molar-refractivity contribution in [2.45, 2.75) is 38.3 Å². The minimum atomic E-state index is -1.01. The van der Waals surface area contributed by atoms with Crippen molar-refractivity contribution < 1.29 is 19.0 Å². The molecule has 2 rings (SSSR count). The third-order valence-corrected chi connectivity index (χ3v) is 3.64. The van der Waals surface area contributed by atoms with E-state index >= 15 is 0 Å². The van der Waals surface area contributed by atoms with Crippen LogP contribution in [0.2, 0.25) is 0 Å². The molecule has 0 radical (unpaired) electrons. The van der Waals surface area contributed by atoms with Crippen LogP contribution in [0.15, 0.2) is 20.9 Å². The second kappa shape index (κ2) is 7.30. The van der Waals surface area contributed by atoms with E-state index in [9.17, 15) is 14.4 Å². The van der Waals surface area contributed by atoms with Crippen LogP contribution in [0, 0.1) is 6.92 Å². The average molecular weight is 339 g/mol. The van der Waals surface area contributed by atoms with Crippen molar-refractivity contribution in [3.8, 4) is 0 Å². The number of azide groups is 1. The highest BCUT2D eigenvalue weighted by Crippen LogP contribution is 2.33. The van der Waals surface area contributed by atoms with E-state index in [1.54, 1.807) is 0 Å². The smallest absolute Gasteiger partial charge is 0.330 e. The number of hydrogen-bond acceptors (Lipinski definition) is 7. The van der Waals surface area contributed by atoms with Gasteiger partial charge >= 0.3 is 11.7 Å². The molecule has 1 aliphatic heterocycles. The number of H-pyrrole nitrogens is 1. The Morgan fingerprint density at radius 2 is 2.25 bits per heavy atom. The van der Waals surface area contributed by atoms with Crippen LogP contribution in [-0.2, 0) is 19.0 Å². The van der Waals surface area contributed by atoms with Crippen molar-refractivity contribution in [3.05, 3.63) is 43.0 Å². The zero-order valence-electron chi connectivity index (χ0n) is 13.3. The van der Waals surface area contributed by atoms with Crippen LogP contribution in [-0.4, -0.2) is 47.5 Å². The molecule has 1 aromatic heterocycles. The summed E-state index contributed by atoms with van der Waals surface area (Å²) in [5.41, 5.74) is 7.85. The van der Waals surface area contributed by atoms with Crippen LogP contribution < -0.4 is 11.2 Å². The second-order valence-electron chi connectivity index (χ2n) is 5.24. The van der Waals surface area contributed by atoms with Gasteiger partial charge in [0.1, 0.15) is 25.0 Å². The van der Waals surface area contributed by atoms with E-state index in [1.165, 1.54) is 27.2 Å². The molecule has 0 unspecified atom stereocenters. The maximum absolute atomic E-state index is 12.1. The molecule has 0 saturated carbocycles. The lowest BCUT2D eigenvalue weighted by Crippen LogP contribution is -2.38. The van der Waals surface area contributed by atoms with Gasteiger partial charge in [0, 0.05) is 30.7 Å². The van der Waals surface area contributed by atoms with E-state index in [1.807, 2.05) is 0 Å². The maximum Gasteiger partial charge on any atom is 0.330 e. The largest absolute Gasteiger partial charge is 0.463 e. The summed E-state index contributed by atoms with van der Waals surface area (Å²) < 4.78 is 17.1. The lowest BCUT2D eigenvalue weighted by atomic mass is 10.1. The monoisotopic (exact) mass is 339 g/mol. The van der Waals surface area contributed by atoms with E-state index in [0.29, 0.717) is 0 Å². The highest BCUT2D eigenvalue weighted by Gasteiger charge is 2.46. The molecule has 1 fully saturated rings. The fourth-order valence-corrected chi connectivity index (χ4v) is 2.53. The summed E-state index contributed by atoms with van der Waals surface area (Å²) in [5, 5.41) is 3.64. The van der Waals surface area contributed by atoms with Crippen molar-refractivity contribution in [3.63, 3.8) is 0 Å². The third kappa shape index (κ3) is 3.48. The lowest BCUT2D eigenvalue weighted by molar-refractivity contribution is -0.148. The van der Waals surface area contributed by atoms with Gasteiger partial charge in [-0.05, 0) is 12.5 Å². The molecule has 0 aromatic carbocycles. The molecule has 2 heterocycles. The lowest BCUT2D eigenvalue weighted by Gasteiger charge is -2.19. The SMILES string of the molecule is CO[C@@H]1[C@H](N=[N+]=[N-])[C@H](n2cc(C)c(=O)[nH]c2=O)O[C@H]1COC(C)=O. The van der Waals surface area contributed by atoms with Gasteiger partial charge in [0.25, 0.3) is 5.56 Å². The summed E-state index contributed by atoms with van der Waals surface area (Å²) in [7, 11) is 1.39. The highest BCUT2D eigenvalue weighted by molar-refractivity contribution is 5.65. The van der Waals surface area contributed by atoms with Gasteiger partial charge in [-0.1, -0.05) is 5.11 Å². The van der Waals surface area contributed by atoms with Gasteiger partial charge in [-0.3, -0.25) is 19.1 Å². The number of carbonyl (C=O) groups is 1. The first-order valence-electron chi connectivity index (χ1n) is 7.07. The summed E-state index contributed by atoms with van der Waals surface area (Å²) in [6, 6.07) is -0.886. The Morgan fingerprint density at radius 1 is 1.54 bits per heavy atom. The molecule has 11 nitrogen and oxygen atoms in total. The minimum Gasteiger partial charge on any atom is -0.463 e. The summed E-state index contributed by atoms with van der Waals surface area (Å²) in [5.74, 6) is -0.505. The molecule has 4 atom stereocenters. The molecule has 1 aliphatic rings. The van der Waals surface area contributed by atoms with E-state index in [-0.39, 0.29) is 12.2 Å². The molecule has 0 bridgehead atoms. The summed E-state index contributed by atoms with van der Waals surface area (Å²) >= 11 is 0. The third-order valence-electron chi connectivity index (χ3n) is 3.64. The Hall–Kier alpha value is -2.62. The van der Waals surface area contributed by atoms with Gasteiger partial charge in [0.15, 0.2) is 0 Å². The van der Waals surface area contributed by atoms with Crippen LogP contribution in [0.25, 0.3) is 10.4 Å². The molecule has 1 saturated heterocycles. The fraction of sp³-hybridized carbons (Fsp3) is 0.615. The normalized spacial score (nSPS) is 26.0. The van der Waals surface area contributed by atoms with Gasteiger partial charge in [-0.2, -0.15) is 0 Å². The van der Waals surface area contributed by atoms with Crippen molar-refractivity contribution in [2.24, 2.45) is 5.11 Å². The molecule has 1 aromatic rings. The quantitative estimate of drug-likeness (QED) is 0.345. The molecular weight excluding hydrogens is 322 g/mol. The zero-order chi connectivity index (χ0) is 17.9. The average Bonchev–Trinajstić information content (AvgIpc) is 2.86. The van der Waals surface area contributed by atoms with E-state index in [2.05, 4.69) is 15.0 Å². The number of rotatable bonds is 5. The molecule has 130 valence electrons. The standard InChI is InChI=1S/C13H17N5O6/c1-6-4-18(13(21)15-11(6)20)12-9(16-17-14)10(22-3)8(24-12)5-23-7(2)19/h4,8-10,12H,5H2,1-3H3,(H,15,20,21)/t8-,9-,10-,12+/m0/s1. The number of methoxy groups -OCH3 is 1. The van der Waals surface area contributed by atoms with Gasteiger partial charge in [-0.25, -0.2) is 4.79 Å². The number of aryl methyl sites for hydroxylation is 1. The topological polar surface area (TPSA) is 148 Å². The maximum atomic E-state index is 12.1. The Labute approximate surface area is 135 Å². The number of hydrogen-bond donors (Lipinski definition) is 1. The van der Waals surface area contributed by atoms with Gasteiger partial charge < -0.3 is 14.2 Å². The molecular formula is C13H17N5O6. The van der Waals surface area contributed by atoms with Gasteiger partial charge in [-0.15, -0.1) is 0 Å². The van der Waals surface area contributed by atoms with Crippen LogP contribution in [0.5, 0.6) is 0 Å². The number of aromatic amines is 1. The number of aromatic nitrogens is 2. The molecule has 11 heteroatoms. The van der Waals surface area contributed by atoms with Crippen molar-refractivity contribution >= 4 is 5.97 Å². The molecule has 0 aliphatic carbocycles. The van der Waals surface area contributed by atoms with Crippen LogP contribution in [0.3, 0.4) is 0 Å². The van der Waals surface area contributed by atoms with E-state index < -0.39 is 41.7 Å². The number of nitrogens with one attached hydrogen (secondary N) is 1. The number of carbonyl (C=O) groups excluding carboxylic acids is 1. The molecule has 1 N–H and O–H groups in total. The summed E-state index contributed by atoms with van der Waals surface area (Å²) in [4.78, 5) is 39.5. The number of nitrogens with zero attached hydrogens (tertiary/aromatic N) is 4.